The van der Waals surface area contributed by atoms with E-state index in [2.05, 4.69) is 10.6 Å². The number of aryl methyl sites for hydroxylation is 1. The smallest absolute Gasteiger partial charge is 0.313 e. The zero-order chi connectivity index (χ0) is 17.9. The lowest BCUT2D eigenvalue weighted by molar-refractivity contribution is -0.137. The summed E-state index contributed by atoms with van der Waals surface area (Å²) in [4.78, 5) is 24.1. The highest BCUT2D eigenvalue weighted by Gasteiger charge is 2.47. The van der Waals surface area contributed by atoms with Crippen molar-refractivity contribution >= 4 is 17.5 Å². The molecule has 25 heavy (non-hydrogen) atoms. The molecular weight excluding hydrogens is 320 g/mol. The molecular formula is C19H22N2O4. The number of anilines is 1. The van der Waals surface area contributed by atoms with Gasteiger partial charge in [-0.05, 0) is 55.0 Å². The van der Waals surface area contributed by atoms with Crippen LogP contribution in [0.3, 0.4) is 0 Å². The molecule has 0 saturated heterocycles. The van der Waals surface area contributed by atoms with Crippen LogP contribution in [0, 0.1) is 5.92 Å². The summed E-state index contributed by atoms with van der Waals surface area (Å²) in [5.41, 5.74) is 0.429. The second-order valence-electron chi connectivity index (χ2n) is 6.36. The zero-order valence-corrected chi connectivity index (χ0v) is 14.1. The average molecular weight is 342 g/mol. The Labute approximate surface area is 146 Å². The van der Waals surface area contributed by atoms with Gasteiger partial charge in [0.05, 0.1) is 12.8 Å². The Bertz CT molecular complexity index is 735. The molecule has 1 aliphatic carbocycles. The van der Waals surface area contributed by atoms with Crippen LogP contribution in [0.4, 0.5) is 5.69 Å². The molecule has 2 amide bonds. The van der Waals surface area contributed by atoms with Gasteiger partial charge < -0.3 is 20.2 Å². The molecule has 1 fully saturated rings. The van der Waals surface area contributed by atoms with Crippen LogP contribution < -0.4 is 10.6 Å². The minimum atomic E-state index is -1.28. The molecule has 1 heterocycles. The third-order valence-corrected chi connectivity index (χ3v) is 4.55. The van der Waals surface area contributed by atoms with Crippen molar-refractivity contribution in [2.24, 2.45) is 5.92 Å². The van der Waals surface area contributed by atoms with E-state index in [1.807, 2.05) is 19.1 Å². The number of carbonyl (C=O) groups is 2. The normalized spacial score (nSPS) is 16.1. The average Bonchev–Trinajstić information content (AvgIpc) is 3.34. The fourth-order valence-corrected chi connectivity index (χ4v) is 2.83. The number of hydrogen-bond acceptors (Lipinski definition) is 4. The standard InChI is InChI=1S/C19H22N2O4/c1-2-13-5-9-15(10-6-13)21-18(23)17(22)20-12-19(24,14-7-8-14)16-4-3-11-25-16/h3-6,9-11,14,24H,2,7-8,12H2,1H3,(H,20,22)(H,21,23). The van der Waals surface area contributed by atoms with Gasteiger partial charge in [-0.25, -0.2) is 0 Å². The SMILES string of the molecule is CCc1ccc(NC(=O)C(=O)NCC(O)(c2ccco2)C2CC2)cc1. The molecule has 6 heteroatoms. The largest absolute Gasteiger partial charge is 0.466 e. The number of amides is 2. The summed E-state index contributed by atoms with van der Waals surface area (Å²) < 4.78 is 5.31. The van der Waals surface area contributed by atoms with Crippen molar-refractivity contribution in [2.45, 2.75) is 31.8 Å². The van der Waals surface area contributed by atoms with E-state index in [0.29, 0.717) is 11.4 Å². The second kappa shape index (κ2) is 7.11. The van der Waals surface area contributed by atoms with Crippen molar-refractivity contribution in [1.29, 1.82) is 0 Å². The Kier molecular flexibility index (Phi) is 4.90. The molecule has 0 spiro atoms. The first-order chi connectivity index (χ1) is 12.0. The Hall–Kier alpha value is -2.60. The summed E-state index contributed by atoms with van der Waals surface area (Å²) in [5, 5.41) is 15.9. The molecule has 1 atom stereocenters. The molecule has 1 unspecified atom stereocenters. The minimum Gasteiger partial charge on any atom is -0.466 e. The maximum Gasteiger partial charge on any atom is 0.313 e. The van der Waals surface area contributed by atoms with Gasteiger partial charge in [-0.1, -0.05) is 19.1 Å². The van der Waals surface area contributed by atoms with Gasteiger partial charge in [0.15, 0.2) is 0 Å². The third-order valence-electron chi connectivity index (χ3n) is 4.55. The molecule has 3 rings (SSSR count). The summed E-state index contributed by atoms with van der Waals surface area (Å²) in [6.07, 6.45) is 4.12. The van der Waals surface area contributed by atoms with Crippen LogP contribution in [0.5, 0.6) is 0 Å². The molecule has 3 N–H and O–H groups in total. The zero-order valence-electron chi connectivity index (χ0n) is 14.1. The fraction of sp³-hybridized carbons (Fsp3) is 0.368. The molecule has 6 nitrogen and oxygen atoms in total. The topological polar surface area (TPSA) is 91.6 Å². The molecule has 1 aromatic heterocycles. The minimum absolute atomic E-state index is 0.0311. The lowest BCUT2D eigenvalue weighted by atomic mass is 9.94. The lowest BCUT2D eigenvalue weighted by Gasteiger charge is -2.26. The molecule has 2 aromatic rings. The highest BCUT2D eigenvalue weighted by molar-refractivity contribution is 6.39. The summed E-state index contributed by atoms with van der Waals surface area (Å²) in [5.74, 6) is -1.11. The first kappa shape index (κ1) is 17.2. The summed E-state index contributed by atoms with van der Waals surface area (Å²) in [7, 11) is 0. The Morgan fingerprint density at radius 2 is 1.92 bits per heavy atom. The number of hydrogen-bond donors (Lipinski definition) is 3. The Morgan fingerprint density at radius 1 is 1.20 bits per heavy atom. The van der Waals surface area contributed by atoms with Crippen LogP contribution in [0.25, 0.3) is 0 Å². The van der Waals surface area contributed by atoms with Crippen molar-refractivity contribution in [3.05, 3.63) is 54.0 Å². The number of benzene rings is 1. The van der Waals surface area contributed by atoms with Crippen molar-refractivity contribution in [1.82, 2.24) is 5.32 Å². The quantitative estimate of drug-likeness (QED) is 0.702. The Morgan fingerprint density at radius 3 is 2.48 bits per heavy atom. The van der Waals surface area contributed by atoms with Crippen molar-refractivity contribution in [3.8, 4) is 0 Å². The first-order valence-electron chi connectivity index (χ1n) is 8.47. The lowest BCUT2D eigenvalue weighted by Crippen LogP contribution is -2.45. The van der Waals surface area contributed by atoms with Crippen LogP contribution in [-0.4, -0.2) is 23.5 Å². The highest BCUT2D eigenvalue weighted by Crippen LogP contribution is 2.45. The van der Waals surface area contributed by atoms with Crippen molar-refractivity contribution in [3.63, 3.8) is 0 Å². The van der Waals surface area contributed by atoms with Crippen LogP contribution in [-0.2, 0) is 21.6 Å². The number of furan rings is 1. The van der Waals surface area contributed by atoms with E-state index in [-0.39, 0.29) is 12.5 Å². The van der Waals surface area contributed by atoms with Gasteiger partial charge in [-0.3, -0.25) is 9.59 Å². The van der Waals surface area contributed by atoms with Gasteiger partial charge in [0, 0.05) is 5.69 Å². The summed E-state index contributed by atoms with van der Waals surface area (Å²) in [6.45, 7) is 1.98. The van der Waals surface area contributed by atoms with E-state index >= 15 is 0 Å². The summed E-state index contributed by atoms with van der Waals surface area (Å²) in [6, 6.07) is 10.7. The summed E-state index contributed by atoms with van der Waals surface area (Å²) >= 11 is 0. The van der Waals surface area contributed by atoms with Crippen LogP contribution in [0.15, 0.2) is 47.1 Å². The molecule has 1 aliphatic rings. The number of aliphatic hydroxyl groups is 1. The predicted octanol–water partition coefficient (Wildman–Crippen LogP) is 2.19. The molecule has 1 saturated carbocycles. The van der Waals surface area contributed by atoms with E-state index in [4.69, 9.17) is 4.42 Å². The maximum atomic E-state index is 12.1. The maximum absolute atomic E-state index is 12.1. The third kappa shape index (κ3) is 3.91. The van der Waals surface area contributed by atoms with Crippen molar-refractivity contribution in [2.75, 3.05) is 11.9 Å². The van der Waals surface area contributed by atoms with Gasteiger partial charge in [0.25, 0.3) is 0 Å². The Balaban J connectivity index is 1.58. The van der Waals surface area contributed by atoms with Gasteiger partial charge in [-0.15, -0.1) is 0 Å². The van der Waals surface area contributed by atoms with E-state index in [1.165, 1.54) is 6.26 Å². The van der Waals surface area contributed by atoms with E-state index in [0.717, 1.165) is 24.8 Å². The molecule has 1 aromatic carbocycles. The fourth-order valence-electron chi connectivity index (χ4n) is 2.83. The molecule has 132 valence electrons. The van der Waals surface area contributed by atoms with Crippen LogP contribution >= 0.6 is 0 Å². The second-order valence-corrected chi connectivity index (χ2v) is 6.36. The van der Waals surface area contributed by atoms with Gasteiger partial charge in [0.1, 0.15) is 11.4 Å². The molecule has 0 bridgehead atoms. The van der Waals surface area contributed by atoms with Gasteiger partial charge in [0.2, 0.25) is 0 Å². The monoisotopic (exact) mass is 342 g/mol. The number of rotatable bonds is 6. The van der Waals surface area contributed by atoms with E-state index in [9.17, 15) is 14.7 Å². The van der Waals surface area contributed by atoms with Crippen molar-refractivity contribution < 1.29 is 19.1 Å². The number of carbonyl (C=O) groups excluding carboxylic acids is 2. The van der Waals surface area contributed by atoms with E-state index in [1.54, 1.807) is 24.3 Å². The molecule has 0 radical (unpaired) electrons. The van der Waals surface area contributed by atoms with Crippen LogP contribution in [0.2, 0.25) is 0 Å². The van der Waals surface area contributed by atoms with E-state index < -0.39 is 17.4 Å². The highest BCUT2D eigenvalue weighted by atomic mass is 16.4. The first-order valence-corrected chi connectivity index (χ1v) is 8.47. The predicted molar refractivity (Wildman–Crippen MR) is 92.8 cm³/mol. The van der Waals surface area contributed by atoms with Crippen LogP contribution in [0.1, 0.15) is 31.1 Å². The van der Waals surface area contributed by atoms with Gasteiger partial charge >= 0.3 is 11.8 Å². The van der Waals surface area contributed by atoms with Gasteiger partial charge in [-0.2, -0.15) is 0 Å². The number of nitrogens with one attached hydrogen (secondary N) is 2. The molecule has 0 aliphatic heterocycles.